The molecule has 0 bridgehead atoms. The van der Waals surface area contributed by atoms with Crippen molar-refractivity contribution < 1.29 is 19.1 Å². The number of hydrogen-bond acceptors (Lipinski definition) is 5. The van der Waals surface area contributed by atoms with Crippen LogP contribution >= 0.6 is 15.9 Å². The van der Waals surface area contributed by atoms with Crippen LogP contribution in [0.15, 0.2) is 22.9 Å². The van der Waals surface area contributed by atoms with Gasteiger partial charge in [0, 0.05) is 16.9 Å². The summed E-state index contributed by atoms with van der Waals surface area (Å²) in [4.78, 5) is 29.7. The van der Waals surface area contributed by atoms with Crippen LogP contribution in [0.4, 0.5) is 9.59 Å². The van der Waals surface area contributed by atoms with Gasteiger partial charge in [-0.2, -0.15) is 0 Å². The van der Waals surface area contributed by atoms with E-state index in [0.717, 1.165) is 9.37 Å². The van der Waals surface area contributed by atoms with Gasteiger partial charge in [0.1, 0.15) is 11.2 Å². The molecule has 1 aromatic rings. The normalized spacial score (nSPS) is 11.8. The van der Waals surface area contributed by atoms with E-state index in [9.17, 15) is 9.59 Å². The highest BCUT2D eigenvalue weighted by Gasteiger charge is 2.31. The van der Waals surface area contributed by atoms with Gasteiger partial charge in [0.2, 0.25) is 0 Å². The zero-order valence-corrected chi connectivity index (χ0v) is 15.9. The van der Waals surface area contributed by atoms with Crippen LogP contribution in [0.3, 0.4) is 0 Å². The topological polar surface area (TPSA) is 68.7 Å². The minimum Gasteiger partial charge on any atom is -0.443 e. The van der Waals surface area contributed by atoms with Crippen molar-refractivity contribution in [3.05, 3.63) is 28.5 Å². The molecule has 0 unspecified atom stereocenters. The number of halogens is 1. The van der Waals surface area contributed by atoms with Gasteiger partial charge in [-0.1, -0.05) is 0 Å². The lowest BCUT2D eigenvalue weighted by Gasteiger charge is -2.28. The third-order valence-corrected chi connectivity index (χ3v) is 2.76. The zero-order valence-electron chi connectivity index (χ0n) is 14.3. The van der Waals surface area contributed by atoms with Gasteiger partial charge in [-0.15, -0.1) is 0 Å². The molecule has 7 heteroatoms. The molecule has 0 fully saturated rings. The number of ether oxygens (including phenoxy) is 2. The smallest absolute Gasteiger partial charge is 0.420 e. The van der Waals surface area contributed by atoms with E-state index in [4.69, 9.17) is 9.47 Å². The highest BCUT2D eigenvalue weighted by atomic mass is 79.9. The van der Waals surface area contributed by atoms with E-state index >= 15 is 0 Å². The molecule has 0 radical (unpaired) electrons. The zero-order chi connectivity index (χ0) is 17.8. The standard InChI is InChI=1S/C16H23BrN2O4/c1-15(2,3)22-13(20)19(14(21)23-16(4,5)6)10-11-7-12(17)9-18-8-11/h7-9H,10H2,1-6H3. The third kappa shape index (κ3) is 7.45. The van der Waals surface area contributed by atoms with Gasteiger partial charge in [-0.25, -0.2) is 14.5 Å². The van der Waals surface area contributed by atoms with Crippen molar-refractivity contribution in [2.45, 2.75) is 59.3 Å². The molecule has 0 saturated carbocycles. The van der Waals surface area contributed by atoms with Gasteiger partial charge < -0.3 is 9.47 Å². The quantitative estimate of drug-likeness (QED) is 0.747. The molecule has 6 nitrogen and oxygen atoms in total. The summed E-state index contributed by atoms with van der Waals surface area (Å²) in [5.41, 5.74) is -0.754. The first-order chi connectivity index (χ1) is 10.4. The molecule has 2 amide bonds. The fourth-order valence-electron chi connectivity index (χ4n) is 1.56. The van der Waals surface area contributed by atoms with Crippen molar-refractivity contribution in [3.63, 3.8) is 0 Å². The molecule has 0 saturated heterocycles. The average molecular weight is 387 g/mol. The minimum absolute atomic E-state index is 0.0102. The Kier molecular flexibility index (Phi) is 6.16. The molecule has 0 spiro atoms. The Bertz CT molecular complexity index is 548. The summed E-state index contributed by atoms with van der Waals surface area (Å²) in [6.07, 6.45) is 1.68. The second-order valence-corrected chi connectivity index (χ2v) is 7.97. The highest BCUT2D eigenvalue weighted by Crippen LogP contribution is 2.18. The van der Waals surface area contributed by atoms with Crippen molar-refractivity contribution in [1.82, 2.24) is 9.88 Å². The molecule has 128 valence electrons. The summed E-state index contributed by atoms with van der Waals surface area (Å²) in [6.45, 7) is 10.4. The van der Waals surface area contributed by atoms with E-state index in [1.54, 1.807) is 60.0 Å². The number of rotatable bonds is 2. The molecule has 0 N–H and O–H groups in total. The van der Waals surface area contributed by atoms with Crippen LogP contribution in [0.2, 0.25) is 0 Å². The Labute approximate surface area is 145 Å². The molecule has 1 heterocycles. The maximum Gasteiger partial charge on any atom is 0.420 e. The van der Waals surface area contributed by atoms with Crippen molar-refractivity contribution in [1.29, 1.82) is 0 Å². The van der Waals surface area contributed by atoms with Crippen LogP contribution in [-0.2, 0) is 16.0 Å². The monoisotopic (exact) mass is 386 g/mol. The van der Waals surface area contributed by atoms with Gasteiger partial charge in [-0.3, -0.25) is 4.98 Å². The SMILES string of the molecule is CC(C)(C)OC(=O)N(Cc1cncc(Br)c1)C(=O)OC(C)(C)C. The van der Waals surface area contributed by atoms with Gasteiger partial charge in [0.05, 0.1) is 6.54 Å². The third-order valence-electron chi connectivity index (χ3n) is 2.33. The Morgan fingerprint density at radius 2 is 1.52 bits per heavy atom. The first-order valence-corrected chi connectivity index (χ1v) is 7.99. The summed E-state index contributed by atoms with van der Waals surface area (Å²) in [5, 5.41) is 0. The number of aromatic nitrogens is 1. The number of pyridine rings is 1. The minimum atomic E-state index is -0.758. The first-order valence-electron chi connectivity index (χ1n) is 7.20. The van der Waals surface area contributed by atoms with E-state index in [2.05, 4.69) is 20.9 Å². The molecule has 0 atom stereocenters. The number of imide groups is 1. The summed E-state index contributed by atoms with van der Waals surface area (Å²) < 4.78 is 11.3. The molecular formula is C16H23BrN2O4. The molecule has 0 aliphatic rings. The van der Waals surface area contributed by atoms with Crippen LogP contribution in [0, 0.1) is 0 Å². The lowest BCUT2D eigenvalue weighted by molar-refractivity contribution is -0.000260. The predicted molar refractivity (Wildman–Crippen MR) is 89.9 cm³/mol. The van der Waals surface area contributed by atoms with Crippen LogP contribution in [-0.4, -0.2) is 33.3 Å². The Morgan fingerprint density at radius 3 is 1.91 bits per heavy atom. The molecular weight excluding hydrogens is 364 g/mol. The largest absolute Gasteiger partial charge is 0.443 e. The van der Waals surface area contributed by atoms with E-state index in [-0.39, 0.29) is 6.54 Å². The van der Waals surface area contributed by atoms with Crippen molar-refractivity contribution in [2.24, 2.45) is 0 Å². The van der Waals surface area contributed by atoms with Crippen LogP contribution in [0.1, 0.15) is 47.1 Å². The van der Waals surface area contributed by atoms with E-state index in [1.807, 2.05) is 0 Å². The fraction of sp³-hybridized carbons (Fsp3) is 0.562. The number of hydrogen-bond donors (Lipinski definition) is 0. The Balaban J connectivity index is 3.00. The number of carbonyl (C=O) groups is 2. The van der Waals surface area contributed by atoms with Crippen molar-refractivity contribution in [3.8, 4) is 0 Å². The van der Waals surface area contributed by atoms with Gasteiger partial charge in [-0.05, 0) is 69.1 Å². The van der Waals surface area contributed by atoms with Crippen LogP contribution in [0.25, 0.3) is 0 Å². The van der Waals surface area contributed by atoms with Crippen molar-refractivity contribution >= 4 is 28.1 Å². The Hall–Kier alpha value is -1.63. The molecule has 0 aromatic carbocycles. The predicted octanol–water partition coefficient (Wildman–Crippen LogP) is 4.52. The van der Waals surface area contributed by atoms with E-state index in [1.165, 1.54) is 0 Å². The highest BCUT2D eigenvalue weighted by molar-refractivity contribution is 9.10. The molecule has 1 aromatic heterocycles. The number of amides is 2. The van der Waals surface area contributed by atoms with Crippen LogP contribution in [0.5, 0.6) is 0 Å². The Morgan fingerprint density at radius 1 is 1.04 bits per heavy atom. The van der Waals surface area contributed by atoms with E-state index < -0.39 is 23.4 Å². The van der Waals surface area contributed by atoms with Gasteiger partial charge in [0.15, 0.2) is 0 Å². The van der Waals surface area contributed by atoms with Crippen LogP contribution < -0.4 is 0 Å². The van der Waals surface area contributed by atoms with Gasteiger partial charge in [0.25, 0.3) is 0 Å². The maximum absolute atomic E-state index is 12.3. The second kappa shape index (κ2) is 7.29. The molecule has 0 aliphatic heterocycles. The molecule has 0 aliphatic carbocycles. The summed E-state index contributed by atoms with van der Waals surface area (Å²) in [7, 11) is 0. The summed E-state index contributed by atoms with van der Waals surface area (Å²) in [5.74, 6) is 0. The average Bonchev–Trinajstić information content (AvgIpc) is 2.31. The summed E-state index contributed by atoms with van der Waals surface area (Å²) >= 11 is 3.31. The van der Waals surface area contributed by atoms with Crippen molar-refractivity contribution in [2.75, 3.05) is 0 Å². The number of nitrogens with zero attached hydrogens (tertiary/aromatic N) is 2. The first kappa shape index (κ1) is 19.4. The second-order valence-electron chi connectivity index (χ2n) is 7.06. The summed E-state index contributed by atoms with van der Waals surface area (Å²) in [6, 6.07) is 1.77. The molecule has 23 heavy (non-hydrogen) atoms. The van der Waals surface area contributed by atoms with E-state index in [0.29, 0.717) is 5.56 Å². The lowest BCUT2D eigenvalue weighted by atomic mass is 10.2. The number of carbonyl (C=O) groups excluding carboxylic acids is 2. The molecule has 1 rings (SSSR count). The maximum atomic E-state index is 12.3. The van der Waals surface area contributed by atoms with Gasteiger partial charge >= 0.3 is 12.2 Å². The lowest BCUT2D eigenvalue weighted by Crippen LogP contribution is -2.43. The fourth-order valence-corrected chi connectivity index (χ4v) is 1.97.